The van der Waals surface area contributed by atoms with E-state index in [1.807, 2.05) is 18.2 Å². The molecular weight excluding hydrogens is 432 g/mol. The summed E-state index contributed by atoms with van der Waals surface area (Å²) < 4.78 is 6.01. The average molecular weight is 457 g/mol. The number of imide groups is 1. The summed E-state index contributed by atoms with van der Waals surface area (Å²) in [5, 5.41) is 10.5. The van der Waals surface area contributed by atoms with Gasteiger partial charge in [-0.05, 0) is 42.8 Å². The van der Waals surface area contributed by atoms with Crippen LogP contribution in [-0.2, 0) is 14.4 Å². The fourth-order valence-electron chi connectivity index (χ4n) is 3.72. The molecule has 0 spiro atoms. The van der Waals surface area contributed by atoms with Gasteiger partial charge in [-0.2, -0.15) is 0 Å². The van der Waals surface area contributed by atoms with Crippen LogP contribution in [0.1, 0.15) is 36.5 Å². The first-order valence-electron chi connectivity index (χ1n) is 10.8. The minimum Gasteiger partial charge on any atom is -0.476 e. The van der Waals surface area contributed by atoms with Crippen molar-refractivity contribution < 1.29 is 19.1 Å². The van der Waals surface area contributed by atoms with Crippen LogP contribution in [0, 0.1) is 5.41 Å². The molecule has 172 valence electrons. The lowest BCUT2D eigenvalue weighted by Crippen LogP contribution is -2.40. The van der Waals surface area contributed by atoms with Crippen molar-refractivity contribution in [1.82, 2.24) is 0 Å². The molecule has 4 rings (SSSR count). The van der Waals surface area contributed by atoms with Crippen LogP contribution in [0.2, 0.25) is 0 Å². The lowest BCUT2D eigenvalue weighted by molar-refractivity contribution is -0.129. The number of carbonyl (C=O) groups excluding carboxylic acids is 3. The Kier molecular flexibility index (Phi) is 6.68. The van der Waals surface area contributed by atoms with Crippen molar-refractivity contribution in [3.05, 3.63) is 90.0 Å². The van der Waals surface area contributed by atoms with Crippen molar-refractivity contribution in [2.24, 2.45) is 5.73 Å². The summed E-state index contributed by atoms with van der Waals surface area (Å²) in [6.07, 6.45) is 0.280. The summed E-state index contributed by atoms with van der Waals surface area (Å²) >= 11 is 0. The van der Waals surface area contributed by atoms with Crippen molar-refractivity contribution in [2.75, 3.05) is 10.2 Å². The number of nitrogens with zero attached hydrogens (tertiary/aromatic N) is 1. The van der Waals surface area contributed by atoms with Gasteiger partial charge >= 0.3 is 0 Å². The Hall–Kier alpha value is -4.46. The molecule has 3 amide bonds. The lowest BCUT2D eigenvalue weighted by atomic mass is 10.1. The van der Waals surface area contributed by atoms with Gasteiger partial charge in [-0.25, -0.2) is 0 Å². The molecule has 1 saturated heterocycles. The topological polar surface area (TPSA) is 126 Å². The molecule has 4 N–H and O–H groups in total. The highest BCUT2D eigenvalue weighted by Crippen LogP contribution is 2.27. The van der Waals surface area contributed by atoms with E-state index < -0.39 is 12.0 Å². The number of nitrogen functional groups attached to an aromatic ring is 1. The quantitative estimate of drug-likeness (QED) is 0.283. The SMILES string of the molecule is N=C(N)c1cccc(OC(C(=O)Nc2ccc(N3C(=O)CCCC3=O)cc2)c2ccccc2)c1. The van der Waals surface area contributed by atoms with E-state index in [0.717, 1.165) is 0 Å². The molecule has 8 heteroatoms. The lowest BCUT2D eigenvalue weighted by Gasteiger charge is -2.25. The molecule has 3 aromatic rings. The second-order valence-corrected chi connectivity index (χ2v) is 7.86. The molecule has 0 bridgehead atoms. The standard InChI is InChI=1S/C26H24N4O4/c27-25(28)18-8-4-9-21(16-18)34-24(17-6-2-1-3-7-17)26(33)29-19-12-14-20(15-13-19)30-22(31)10-5-11-23(30)32/h1-4,6-9,12-16,24H,5,10-11H2,(H3,27,28)(H,29,33). The van der Waals surface area contributed by atoms with Crippen LogP contribution in [0.15, 0.2) is 78.9 Å². The van der Waals surface area contributed by atoms with Gasteiger partial charge < -0.3 is 15.8 Å². The second-order valence-electron chi connectivity index (χ2n) is 7.86. The minimum atomic E-state index is -0.965. The molecule has 8 nitrogen and oxygen atoms in total. The van der Waals surface area contributed by atoms with Crippen molar-refractivity contribution in [1.29, 1.82) is 5.41 Å². The summed E-state index contributed by atoms with van der Waals surface area (Å²) in [5.41, 5.74) is 7.68. The van der Waals surface area contributed by atoms with Gasteiger partial charge in [0.15, 0.2) is 0 Å². The average Bonchev–Trinajstić information content (AvgIpc) is 2.84. The molecule has 0 saturated carbocycles. The third-order valence-corrected chi connectivity index (χ3v) is 5.41. The first kappa shape index (κ1) is 22.7. The van der Waals surface area contributed by atoms with Crippen LogP contribution >= 0.6 is 0 Å². The van der Waals surface area contributed by atoms with E-state index in [0.29, 0.717) is 47.5 Å². The molecule has 1 atom stereocenters. The maximum atomic E-state index is 13.2. The van der Waals surface area contributed by atoms with Crippen LogP contribution in [0.3, 0.4) is 0 Å². The maximum absolute atomic E-state index is 13.2. The second kappa shape index (κ2) is 9.99. The van der Waals surface area contributed by atoms with Gasteiger partial charge in [0.05, 0.1) is 5.69 Å². The number of ether oxygens (including phenoxy) is 1. The summed E-state index contributed by atoms with van der Waals surface area (Å²) in [6, 6.07) is 22.3. The fraction of sp³-hybridized carbons (Fsp3) is 0.154. The molecule has 1 aliphatic heterocycles. The number of rotatable bonds is 7. The van der Waals surface area contributed by atoms with Gasteiger partial charge in [0.2, 0.25) is 17.9 Å². The molecule has 3 aromatic carbocycles. The molecule has 1 aliphatic rings. The Morgan fingerprint density at radius 1 is 0.941 bits per heavy atom. The van der Waals surface area contributed by atoms with Crippen LogP contribution in [-0.4, -0.2) is 23.6 Å². The van der Waals surface area contributed by atoms with Gasteiger partial charge in [0.1, 0.15) is 11.6 Å². The number of hydrogen-bond donors (Lipinski definition) is 3. The molecule has 1 heterocycles. The predicted octanol–water partition coefficient (Wildman–Crippen LogP) is 3.77. The van der Waals surface area contributed by atoms with Crippen LogP contribution in [0.25, 0.3) is 0 Å². The zero-order chi connectivity index (χ0) is 24.1. The minimum absolute atomic E-state index is 0.100. The Labute approximate surface area is 196 Å². The molecule has 1 unspecified atom stereocenters. The summed E-state index contributed by atoms with van der Waals surface area (Å²) in [5.74, 6) is -0.555. The van der Waals surface area contributed by atoms with Crippen molar-refractivity contribution in [3.8, 4) is 5.75 Å². The smallest absolute Gasteiger partial charge is 0.270 e. The molecule has 34 heavy (non-hydrogen) atoms. The van der Waals surface area contributed by atoms with Gasteiger partial charge in [0.25, 0.3) is 5.91 Å². The summed E-state index contributed by atoms with van der Waals surface area (Å²) in [7, 11) is 0. The summed E-state index contributed by atoms with van der Waals surface area (Å²) in [6.45, 7) is 0. The first-order chi connectivity index (χ1) is 16.4. The zero-order valence-electron chi connectivity index (χ0n) is 18.4. The molecule has 0 radical (unpaired) electrons. The van der Waals surface area contributed by atoms with Gasteiger partial charge in [-0.15, -0.1) is 0 Å². The number of amidine groups is 1. The van der Waals surface area contributed by atoms with E-state index >= 15 is 0 Å². The van der Waals surface area contributed by atoms with Crippen LogP contribution in [0.4, 0.5) is 11.4 Å². The van der Waals surface area contributed by atoms with Crippen molar-refractivity contribution in [2.45, 2.75) is 25.4 Å². The van der Waals surface area contributed by atoms with E-state index in [-0.39, 0.29) is 17.6 Å². The number of benzene rings is 3. The van der Waals surface area contributed by atoms with E-state index in [4.69, 9.17) is 15.9 Å². The van der Waals surface area contributed by atoms with E-state index in [1.54, 1.807) is 60.7 Å². The molecule has 0 aromatic heterocycles. The van der Waals surface area contributed by atoms with Crippen molar-refractivity contribution >= 4 is 34.9 Å². The Balaban J connectivity index is 1.54. The normalized spacial score (nSPS) is 14.4. The number of piperidine rings is 1. The monoisotopic (exact) mass is 456 g/mol. The molecule has 0 aliphatic carbocycles. The highest BCUT2D eigenvalue weighted by atomic mass is 16.5. The van der Waals surface area contributed by atoms with E-state index in [2.05, 4.69) is 5.32 Å². The van der Waals surface area contributed by atoms with Crippen molar-refractivity contribution in [3.63, 3.8) is 0 Å². The predicted molar refractivity (Wildman–Crippen MR) is 129 cm³/mol. The first-order valence-corrected chi connectivity index (χ1v) is 10.8. The molecular formula is C26H24N4O4. The number of nitrogens with two attached hydrogens (primary N) is 1. The van der Waals surface area contributed by atoms with E-state index in [9.17, 15) is 14.4 Å². The zero-order valence-corrected chi connectivity index (χ0v) is 18.4. The Bertz CT molecular complexity index is 1210. The highest BCUT2D eigenvalue weighted by molar-refractivity contribution is 6.16. The third-order valence-electron chi connectivity index (χ3n) is 5.41. The number of anilines is 2. The molecule has 1 fully saturated rings. The van der Waals surface area contributed by atoms with E-state index in [1.165, 1.54) is 4.90 Å². The Morgan fingerprint density at radius 3 is 2.26 bits per heavy atom. The highest BCUT2D eigenvalue weighted by Gasteiger charge is 2.27. The maximum Gasteiger partial charge on any atom is 0.270 e. The summed E-state index contributed by atoms with van der Waals surface area (Å²) in [4.78, 5) is 38.7. The Morgan fingerprint density at radius 2 is 1.62 bits per heavy atom. The number of amides is 3. The number of hydrogen-bond acceptors (Lipinski definition) is 5. The van der Waals surface area contributed by atoms with Crippen LogP contribution < -0.4 is 20.7 Å². The van der Waals surface area contributed by atoms with Gasteiger partial charge in [0, 0.05) is 29.7 Å². The fourth-order valence-corrected chi connectivity index (χ4v) is 3.72. The van der Waals surface area contributed by atoms with Gasteiger partial charge in [-0.1, -0.05) is 42.5 Å². The van der Waals surface area contributed by atoms with Crippen LogP contribution in [0.5, 0.6) is 5.75 Å². The number of carbonyl (C=O) groups is 3. The number of nitrogens with one attached hydrogen (secondary N) is 2. The third kappa shape index (κ3) is 5.12. The van der Waals surface area contributed by atoms with Gasteiger partial charge in [-0.3, -0.25) is 24.7 Å². The largest absolute Gasteiger partial charge is 0.476 e.